The summed E-state index contributed by atoms with van der Waals surface area (Å²) in [5.74, 6) is 1.45. The number of imide groups is 1. The largest absolute Gasteiger partial charge is 0.493 e. The number of carbonyl (C=O) groups excluding carboxylic acids is 2. The Hall–Kier alpha value is -5.02. The van der Waals surface area contributed by atoms with Crippen molar-refractivity contribution in [3.63, 3.8) is 0 Å². The maximum absolute atomic E-state index is 14.2. The van der Waals surface area contributed by atoms with Crippen LogP contribution >= 0.6 is 0 Å². The van der Waals surface area contributed by atoms with Crippen LogP contribution in [-0.4, -0.2) is 131 Å². The molecular formula is C40H47N5O9. The maximum atomic E-state index is 14.2. The number of anilines is 1. The van der Waals surface area contributed by atoms with E-state index in [-0.39, 0.29) is 30.5 Å². The number of fused-ring (bicyclic) bond motifs is 2. The van der Waals surface area contributed by atoms with Crippen LogP contribution in [0.2, 0.25) is 0 Å². The minimum Gasteiger partial charge on any atom is -0.493 e. The van der Waals surface area contributed by atoms with Crippen molar-refractivity contribution in [1.82, 2.24) is 19.4 Å². The molecular weight excluding hydrogens is 694 g/mol. The summed E-state index contributed by atoms with van der Waals surface area (Å²) in [7, 11) is 4.82. The number of carbonyl (C=O) groups is 2. The molecule has 0 radical (unpaired) electrons. The molecule has 3 aromatic carbocycles. The minimum atomic E-state index is -0.395. The monoisotopic (exact) mass is 741 g/mol. The van der Waals surface area contributed by atoms with Crippen LogP contribution < -0.4 is 24.7 Å². The van der Waals surface area contributed by atoms with Gasteiger partial charge in [-0.2, -0.15) is 0 Å². The number of benzene rings is 3. The Morgan fingerprint density at radius 3 is 2.41 bits per heavy atom. The Morgan fingerprint density at radius 1 is 0.796 bits per heavy atom. The molecule has 3 aliphatic rings. The predicted molar refractivity (Wildman–Crippen MR) is 201 cm³/mol. The highest BCUT2D eigenvalue weighted by Crippen LogP contribution is 2.29. The minimum absolute atomic E-state index is 0.0513. The first-order valence-electron chi connectivity index (χ1n) is 18.4. The maximum Gasteiger partial charge on any atom is 0.261 e. The van der Waals surface area contributed by atoms with Crippen molar-refractivity contribution >= 4 is 28.4 Å². The van der Waals surface area contributed by atoms with Gasteiger partial charge in [-0.05, 0) is 60.5 Å². The molecule has 54 heavy (non-hydrogen) atoms. The van der Waals surface area contributed by atoms with Crippen LogP contribution in [0.25, 0.3) is 10.9 Å². The third kappa shape index (κ3) is 8.06. The lowest BCUT2D eigenvalue weighted by molar-refractivity contribution is -0.0100. The molecule has 14 nitrogen and oxygen atoms in total. The number of ether oxygens (including phenoxy) is 6. The number of morpholine rings is 2. The van der Waals surface area contributed by atoms with Gasteiger partial charge >= 0.3 is 0 Å². The molecule has 1 unspecified atom stereocenters. The highest BCUT2D eigenvalue weighted by atomic mass is 16.5. The average molecular weight is 742 g/mol. The molecule has 14 heteroatoms. The van der Waals surface area contributed by atoms with Crippen LogP contribution in [-0.2, 0) is 33.6 Å². The molecule has 0 bridgehead atoms. The van der Waals surface area contributed by atoms with E-state index in [9.17, 15) is 14.4 Å². The molecule has 0 spiro atoms. The summed E-state index contributed by atoms with van der Waals surface area (Å²) in [6.07, 6.45) is 0.627. The molecule has 2 fully saturated rings. The first kappa shape index (κ1) is 37.3. The van der Waals surface area contributed by atoms with E-state index < -0.39 is 5.91 Å². The number of methoxy groups -OCH3 is 3. The Morgan fingerprint density at radius 2 is 1.61 bits per heavy atom. The summed E-state index contributed by atoms with van der Waals surface area (Å²) in [5.41, 5.74) is 2.87. The predicted octanol–water partition coefficient (Wildman–Crippen LogP) is 3.06. The summed E-state index contributed by atoms with van der Waals surface area (Å²) in [6.45, 7) is 7.09. The van der Waals surface area contributed by atoms with Crippen LogP contribution in [0.4, 0.5) is 5.69 Å². The standard InChI is InChI=1S/C40H47N5O9/c1-49-26-30-25-43(17-21-54-30)28-5-7-32-34(23-28)41-37(44(39(32)47)12-10-27-4-9-35(50-2)36(22-27)51-3)11-13-45-38(46)31-8-6-29(24-33(31)40(45)48)53-20-16-42-14-18-52-19-15-42/h4-9,22-24,30H,10-21,25-26H2,1-3H3. The number of amides is 2. The second-order valence-corrected chi connectivity index (χ2v) is 13.5. The fourth-order valence-corrected chi connectivity index (χ4v) is 7.28. The van der Waals surface area contributed by atoms with Crippen molar-refractivity contribution in [1.29, 1.82) is 0 Å². The van der Waals surface area contributed by atoms with E-state index in [0.29, 0.717) is 104 Å². The van der Waals surface area contributed by atoms with Crippen molar-refractivity contribution in [3.05, 3.63) is 87.5 Å². The highest BCUT2D eigenvalue weighted by molar-refractivity contribution is 6.21. The van der Waals surface area contributed by atoms with Gasteiger partial charge in [0.1, 0.15) is 18.2 Å². The van der Waals surface area contributed by atoms with E-state index in [1.807, 2.05) is 36.4 Å². The number of hydrogen-bond donors (Lipinski definition) is 0. The lowest BCUT2D eigenvalue weighted by atomic mass is 10.1. The molecule has 0 aliphatic carbocycles. The molecule has 2 amide bonds. The van der Waals surface area contributed by atoms with E-state index in [1.54, 1.807) is 44.1 Å². The summed E-state index contributed by atoms with van der Waals surface area (Å²) in [6, 6.07) is 16.4. The lowest BCUT2D eigenvalue weighted by Crippen LogP contribution is -2.44. The second kappa shape index (κ2) is 17.0. The molecule has 1 aromatic heterocycles. The molecule has 286 valence electrons. The van der Waals surface area contributed by atoms with E-state index in [1.165, 1.54) is 4.90 Å². The Balaban J connectivity index is 1.12. The summed E-state index contributed by atoms with van der Waals surface area (Å²) >= 11 is 0. The zero-order chi connectivity index (χ0) is 37.6. The quantitative estimate of drug-likeness (QED) is 0.166. The number of nitrogens with zero attached hydrogens (tertiary/aromatic N) is 5. The van der Waals surface area contributed by atoms with Gasteiger partial charge in [-0.15, -0.1) is 0 Å². The molecule has 1 atom stereocenters. The third-order valence-corrected chi connectivity index (χ3v) is 10.2. The van der Waals surface area contributed by atoms with Gasteiger partial charge in [0.05, 0.1) is 68.8 Å². The molecule has 0 N–H and O–H groups in total. The Labute approximate surface area is 314 Å². The summed E-state index contributed by atoms with van der Waals surface area (Å²) < 4.78 is 35.1. The normalized spacial score (nSPS) is 17.6. The van der Waals surface area contributed by atoms with Gasteiger partial charge in [-0.1, -0.05) is 6.07 Å². The van der Waals surface area contributed by atoms with Gasteiger partial charge < -0.3 is 33.3 Å². The van der Waals surface area contributed by atoms with Crippen LogP contribution in [0.15, 0.2) is 59.4 Å². The first-order chi connectivity index (χ1) is 26.4. The van der Waals surface area contributed by atoms with Gasteiger partial charge in [-0.25, -0.2) is 4.98 Å². The number of rotatable bonds is 15. The number of aromatic nitrogens is 2. The zero-order valence-electron chi connectivity index (χ0n) is 31.1. The fourth-order valence-electron chi connectivity index (χ4n) is 7.28. The van der Waals surface area contributed by atoms with Gasteiger partial charge in [0.15, 0.2) is 11.5 Å². The Kier molecular flexibility index (Phi) is 11.7. The van der Waals surface area contributed by atoms with Gasteiger partial charge in [0.2, 0.25) is 0 Å². The van der Waals surface area contributed by atoms with Crippen LogP contribution in [0, 0.1) is 0 Å². The van der Waals surface area contributed by atoms with Gasteiger partial charge in [-0.3, -0.25) is 28.8 Å². The van der Waals surface area contributed by atoms with E-state index >= 15 is 0 Å². The van der Waals surface area contributed by atoms with E-state index in [0.717, 1.165) is 30.9 Å². The van der Waals surface area contributed by atoms with Crippen LogP contribution in [0.5, 0.6) is 17.2 Å². The molecule has 4 aromatic rings. The zero-order valence-corrected chi connectivity index (χ0v) is 31.1. The SMILES string of the molecule is COCC1CN(c2ccc3c(=O)n(CCc4ccc(OC)c(OC)c4)c(CCN4C(=O)c5ccc(OCCN6CCOCC6)cc5C4=O)nc3c2)CCO1. The second-order valence-electron chi connectivity index (χ2n) is 13.5. The summed E-state index contributed by atoms with van der Waals surface area (Å²) in [5, 5.41) is 0.485. The molecule has 7 rings (SSSR count). The van der Waals surface area contributed by atoms with Crippen molar-refractivity contribution < 1.29 is 38.0 Å². The molecule has 3 aliphatic heterocycles. The fraction of sp³-hybridized carbons (Fsp3) is 0.450. The topological polar surface area (TPSA) is 134 Å². The molecule has 0 saturated carbocycles. The number of aryl methyl sites for hydroxylation is 1. The van der Waals surface area contributed by atoms with Crippen LogP contribution in [0.1, 0.15) is 32.1 Å². The smallest absolute Gasteiger partial charge is 0.261 e. The van der Waals surface area contributed by atoms with E-state index in [4.69, 9.17) is 33.4 Å². The highest BCUT2D eigenvalue weighted by Gasteiger charge is 2.36. The lowest BCUT2D eigenvalue weighted by Gasteiger charge is -2.34. The number of hydrogen-bond acceptors (Lipinski definition) is 12. The van der Waals surface area contributed by atoms with Crippen molar-refractivity contribution in [2.24, 2.45) is 0 Å². The van der Waals surface area contributed by atoms with Crippen molar-refractivity contribution in [3.8, 4) is 17.2 Å². The van der Waals surface area contributed by atoms with Gasteiger partial charge in [0, 0.05) is 65.0 Å². The summed E-state index contributed by atoms with van der Waals surface area (Å²) in [4.78, 5) is 52.2. The van der Waals surface area contributed by atoms with Crippen molar-refractivity contribution in [2.75, 3.05) is 98.5 Å². The molecule has 2 saturated heterocycles. The van der Waals surface area contributed by atoms with Crippen LogP contribution in [0.3, 0.4) is 0 Å². The van der Waals surface area contributed by atoms with Gasteiger partial charge in [0.25, 0.3) is 17.4 Å². The van der Waals surface area contributed by atoms with E-state index in [2.05, 4.69) is 9.80 Å². The molecule has 4 heterocycles. The van der Waals surface area contributed by atoms with Crippen molar-refractivity contribution in [2.45, 2.75) is 25.5 Å². The average Bonchev–Trinajstić information content (AvgIpc) is 3.44. The third-order valence-electron chi connectivity index (χ3n) is 10.2. The first-order valence-corrected chi connectivity index (χ1v) is 18.4. The Bertz CT molecular complexity index is 2040.